The van der Waals surface area contributed by atoms with Crippen molar-refractivity contribution in [3.8, 4) is 11.1 Å². The topological polar surface area (TPSA) is 20.3 Å². The van der Waals surface area contributed by atoms with Crippen LogP contribution in [0, 0.1) is 5.41 Å². The maximum atomic E-state index is 13.5. The first-order chi connectivity index (χ1) is 13.9. The van der Waals surface area contributed by atoms with Crippen molar-refractivity contribution in [3.63, 3.8) is 0 Å². The molecule has 0 bridgehead atoms. The second kappa shape index (κ2) is 11.2. The van der Waals surface area contributed by atoms with Gasteiger partial charge in [-0.1, -0.05) is 103 Å². The molecule has 0 aromatic heterocycles. The highest BCUT2D eigenvalue weighted by molar-refractivity contribution is 5.95. The van der Waals surface area contributed by atoms with Gasteiger partial charge in [-0.3, -0.25) is 4.79 Å². The highest BCUT2D eigenvalue weighted by atomic mass is 16.2. The summed E-state index contributed by atoms with van der Waals surface area (Å²) in [5.74, 6) is 0.250. The van der Waals surface area contributed by atoms with Gasteiger partial charge in [-0.25, -0.2) is 0 Å². The van der Waals surface area contributed by atoms with Crippen molar-refractivity contribution in [2.75, 3.05) is 4.90 Å². The summed E-state index contributed by atoms with van der Waals surface area (Å²) in [6.07, 6.45) is 7.35. The summed E-state index contributed by atoms with van der Waals surface area (Å²) in [6.45, 7) is 10.9. The van der Waals surface area contributed by atoms with E-state index >= 15 is 0 Å². The summed E-state index contributed by atoms with van der Waals surface area (Å²) in [7, 11) is 0. The van der Waals surface area contributed by atoms with Crippen LogP contribution in [0.15, 0.2) is 54.6 Å². The second-order valence-corrected chi connectivity index (χ2v) is 9.36. The quantitative estimate of drug-likeness (QED) is 0.402. The lowest BCUT2D eigenvalue weighted by Crippen LogP contribution is -2.42. The van der Waals surface area contributed by atoms with E-state index in [4.69, 9.17) is 0 Å². The summed E-state index contributed by atoms with van der Waals surface area (Å²) >= 11 is 0. The van der Waals surface area contributed by atoms with Crippen molar-refractivity contribution in [3.05, 3.63) is 54.6 Å². The van der Waals surface area contributed by atoms with Gasteiger partial charge in [0.1, 0.15) is 0 Å². The van der Waals surface area contributed by atoms with Gasteiger partial charge in [0.25, 0.3) is 0 Å². The molecule has 0 saturated heterocycles. The molecule has 0 saturated carbocycles. The van der Waals surface area contributed by atoms with Crippen LogP contribution in [0.2, 0.25) is 0 Å². The van der Waals surface area contributed by atoms with Crippen LogP contribution in [0.25, 0.3) is 11.1 Å². The lowest BCUT2D eigenvalue weighted by molar-refractivity contribution is -0.120. The van der Waals surface area contributed by atoms with Crippen molar-refractivity contribution in [1.82, 2.24) is 0 Å². The van der Waals surface area contributed by atoms with E-state index in [0.717, 1.165) is 44.2 Å². The normalized spacial score (nSPS) is 11.7. The maximum Gasteiger partial charge on any atom is 0.227 e. The van der Waals surface area contributed by atoms with E-state index in [9.17, 15) is 4.79 Å². The third kappa shape index (κ3) is 7.34. The molecular weight excluding hydrogens is 354 g/mol. The van der Waals surface area contributed by atoms with Crippen molar-refractivity contribution >= 4 is 11.6 Å². The van der Waals surface area contributed by atoms with E-state index in [1.807, 2.05) is 6.07 Å². The summed E-state index contributed by atoms with van der Waals surface area (Å²) in [4.78, 5) is 15.6. The minimum atomic E-state index is -0.0214. The Hall–Kier alpha value is -2.09. The molecule has 2 aromatic carbocycles. The zero-order valence-corrected chi connectivity index (χ0v) is 19.1. The predicted molar refractivity (Wildman–Crippen MR) is 126 cm³/mol. The SMILES string of the molecule is CCCCC(CCCC)N(C(=O)CC(C)(C)C)c1cccc(-c2ccccc2)c1. The minimum absolute atomic E-state index is 0.0214. The fourth-order valence-corrected chi connectivity index (χ4v) is 3.85. The molecule has 0 aliphatic carbocycles. The van der Waals surface area contributed by atoms with Gasteiger partial charge in [0.05, 0.1) is 0 Å². The van der Waals surface area contributed by atoms with Crippen LogP contribution in [-0.2, 0) is 4.79 Å². The van der Waals surface area contributed by atoms with Crippen LogP contribution in [0.1, 0.15) is 79.6 Å². The van der Waals surface area contributed by atoms with Gasteiger partial charge in [-0.2, -0.15) is 0 Å². The van der Waals surface area contributed by atoms with Crippen molar-refractivity contribution in [2.24, 2.45) is 5.41 Å². The molecular formula is C27H39NO. The Bertz CT molecular complexity index is 737. The molecule has 2 aromatic rings. The molecule has 0 atom stereocenters. The van der Waals surface area contributed by atoms with Gasteiger partial charge in [-0.15, -0.1) is 0 Å². The third-order valence-corrected chi connectivity index (χ3v) is 5.33. The first kappa shape index (κ1) is 23.2. The molecule has 0 aliphatic heterocycles. The number of carbonyl (C=O) groups is 1. The average molecular weight is 394 g/mol. The van der Waals surface area contributed by atoms with E-state index in [1.165, 1.54) is 11.1 Å². The highest BCUT2D eigenvalue weighted by Crippen LogP contribution is 2.31. The van der Waals surface area contributed by atoms with E-state index < -0.39 is 0 Å². The van der Waals surface area contributed by atoms with Gasteiger partial charge < -0.3 is 4.90 Å². The van der Waals surface area contributed by atoms with Crippen molar-refractivity contribution in [2.45, 2.75) is 85.6 Å². The van der Waals surface area contributed by atoms with Crippen molar-refractivity contribution < 1.29 is 4.79 Å². The van der Waals surface area contributed by atoms with E-state index in [-0.39, 0.29) is 17.4 Å². The Morgan fingerprint density at radius 3 is 2.00 bits per heavy atom. The molecule has 0 radical (unpaired) electrons. The summed E-state index contributed by atoms with van der Waals surface area (Å²) in [6, 6.07) is 19.2. The Kier molecular flexibility index (Phi) is 8.95. The van der Waals surface area contributed by atoms with Gasteiger partial charge in [0.2, 0.25) is 5.91 Å². The number of carbonyl (C=O) groups excluding carboxylic acids is 1. The van der Waals surface area contributed by atoms with Gasteiger partial charge in [0.15, 0.2) is 0 Å². The number of nitrogens with zero attached hydrogens (tertiary/aromatic N) is 1. The van der Waals surface area contributed by atoms with Gasteiger partial charge >= 0.3 is 0 Å². The molecule has 0 aliphatic rings. The Balaban J connectivity index is 2.43. The number of hydrogen-bond donors (Lipinski definition) is 0. The largest absolute Gasteiger partial charge is 0.309 e. The molecule has 0 unspecified atom stereocenters. The molecule has 0 heterocycles. The maximum absolute atomic E-state index is 13.5. The smallest absolute Gasteiger partial charge is 0.227 e. The average Bonchev–Trinajstić information content (AvgIpc) is 2.69. The zero-order chi connectivity index (χ0) is 21.3. The van der Waals surface area contributed by atoms with E-state index in [2.05, 4.69) is 88.0 Å². The van der Waals surface area contributed by atoms with E-state index in [0.29, 0.717) is 6.42 Å². The molecule has 2 rings (SSSR count). The second-order valence-electron chi connectivity index (χ2n) is 9.36. The number of hydrogen-bond acceptors (Lipinski definition) is 1. The first-order valence-corrected chi connectivity index (χ1v) is 11.3. The Morgan fingerprint density at radius 1 is 0.862 bits per heavy atom. The van der Waals surface area contributed by atoms with Crippen molar-refractivity contribution in [1.29, 1.82) is 0 Å². The molecule has 2 nitrogen and oxygen atoms in total. The van der Waals surface area contributed by atoms with Crippen LogP contribution in [0.3, 0.4) is 0 Å². The number of benzene rings is 2. The lowest BCUT2D eigenvalue weighted by atomic mass is 9.90. The third-order valence-electron chi connectivity index (χ3n) is 5.33. The van der Waals surface area contributed by atoms with Crippen LogP contribution in [-0.4, -0.2) is 11.9 Å². The molecule has 1 amide bonds. The molecule has 0 fully saturated rings. The zero-order valence-electron chi connectivity index (χ0n) is 19.1. The molecule has 2 heteroatoms. The molecule has 158 valence electrons. The summed E-state index contributed by atoms with van der Waals surface area (Å²) in [5.41, 5.74) is 3.38. The fourth-order valence-electron chi connectivity index (χ4n) is 3.85. The molecule has 0 spiro atoms. The standard InChI is InChI=1S/C27H39NO/c1-6-8-17-24(18-9-7-2)28(26(29)21-27(3,4)5)25-19-13-16-23(20-25)22-14-11-10-12-15-22/h10-16,19-20,24H,6-9,17-18,21H2,1-5H3. The van der Waals surface area contributed by atoms with Gasteiger partial charge in [-0.05, 0) is 41.5 Å². The van der Waals surface area contributed by atoms with Crippen LogP contribution in [0.5, 0.6) is 0 Å². The minimum Gasteiger partial charge on any atom is -0.309 e. The Labute approximate surface area is 178 Å². The predicted octanol–water partition coefficient (Wildman–Crippen LogP) is 7.87. The number of amides is 1. The van der Waals surface area contributed by atoms with E-state index in [1.54, 1.807) is 0 Å². The fraction of sp³-hybridized carbons (Fsp3) is 0.519. The van der Waals surface area contributed by atoms with Crippen LogP contribution < -0.4 is 4.90 Å². The number of unbranched alkanes of at least 4 members (excludes halogenated alkanes) is 2. The monoisotopic (exact) mass is 393 g/mol. The van der Waals surface area contributed by atoms with Crippen LogP contribution in [0.4, 0.5) is 5.69 Å². The number of anilines is 1. The summed E-state index contributed by atoms with van der Waals surface area (Å²) in [5, 5.41) is 0. The summed E-state index contributed by atoms with van der Waals surface area (Å²) < 4.78 is 0. The first-order valence-electron chi connectivity index (χ1n) is 11.3. The van der Waals surface area contributed by atoms with Gasteiger partial charge in [0, 0.05) is 18.2 Å². The Morgan fingerprint density at radius 2 is 1.45 bits per heavy atom. The van der Waals surface area contributed by atoms with Crippen LogP contribution >= 0.6 is 0 Å². The molecule has 0 N–H and O–H groups in total. The lowest BCUT2D eigenvalue weighted by Gasteiger charge is -2.34. The molecule has 29 heavy (non-hydrogen) atoms. The number of rotatable bonds is 10. The highest BCUT2D eigenvalue weighted by Gasteiger charge is 2.28.